The number of fused-ring (bicyclic) bond motifs is 6. The zero-order chi connectivity index (χ0) is 55.7. The first-order chi connectivity index (χ1) is 40.0. The fraction of sp³-hybridized carbons (Fsp3) is 0.100. The van der Waals surface area contributed by atoms with Gasteiger partial charge in [0.1, 0.15) is 0 Å². The first kappa shape index (κ1) is 50.5. The second-order valence-electron chi connectivity index (χ2n) is 23.4. The Morgan fingerprint density at radius 1 is 0.220 bits per heavy atom. The standard InChI is InChI=1S/C80H64N2/c1-53-49-59(39-47-75(53)81(63-41-33-57(34-42-63)55-21-9-7-10-22-55)77-31-19-15-25-65(77)61-37-45-69-67-27-13-17-29-71(67)79(3,4)73(69)51-61)60-40-48-76(54(2)50-60)82(64-43-35-58(36-44-64)56-23-11-8-12-24-56)78-32-20-16-26-66(78)62-38-46-70-68-28-14-18-30-72(68)80(5,6)74(70)52-62/h7-52H,1-6H3. The molecule has 0 spiro atoms. The fourth-order valence-electron chi connectivity index (χ4n) is 13.4. The van der Waals surface area contributed by atoms with Gasteiger partial charge < -0.3 is 9.80 Å². The van der Waals surface area contributed by atoms with Crippen LogP contribution in [0.15, 0.2) is 279 Å². The lowest BCUT2D eigenvalue weighted by atomic mass is 9.81. The van der Waals surface area contributed by atoms with Gasteiger partial charge >= 0.3 is 0 Å². The molecule has 0 aromatic heterocycles. The average molecular weight is 1050 g/mol. The summed E-state index contributed by atoms with van der Waals surface area (Å²) in [5, 5.41) is 0. The topological polar surface area (TPSA) is 6.48 Å². The van der Waals surface area contributed by atoms with Gasteiger partial charge in [-0.25, -0.2) is 0 Å². The largest absolute Gasteiger partial charge is 0.310 e. The van der Waals surface area contributed by atoms with Crippen LogP contribution >= 0.6 is 0 Å². The monoisotopic (exact) mass is 1050 g/mol. The highest BCUT2D eigenvalue weighted by Crippen LogP contribution is 2.53. The molecule has 0 fully saturated rings. The van der Waals surface area contributed by atoms with E-state index in [4.69, 9.17) is 0 Å². The number of hydrogen-bond acceptors (Lipinski definition) is 2. The van der Waals surface area contributed by atoms with Crippen molar-refractivity contribution in [3.8, 4) is 77.9 Å². The Balaban J connectivity index is 0.856. The molecule has 0 saturated carbocycles. The normalized spacial score (nSPS) is 13.2. The van der Waals surface area contributed by atoms with Crippen molar-refractivity contribution in [2.45, 2.75) is 52.4 Å². The molecule has 82 heavy (non-hydrogen) atoms. The maximum Gasteiger partial charge on any atom is 0.0540 e. The van der Waals surface area contributed by atoms with Crippen molar-refractivity contribution >= 4 is 34.1 Å². The molecular formula is C80H64N2. The van der Waals surface area contributed by atoms with Crippen molar-refractivity contribution in [3.63, 3.8) is 0 Å². The van der Waals surface area contributed by atoms with Gasteiger partial charge in [-0.2, -0.15) is 0 Å². The number of nitrogens with zero attached hydrogens (tertiary/aromatic N) is 2. The smallest absolute Gasteiger partial charge is 0.0540 e. The van der Waals surface area contributed by atoms with Crippen LogP contribution in [0.25, 0.3) is 77.9 Å². The first-order valence-corrected chi connectivity index (χ1v) is 28.8. The summed E-state index contributed by atoms with van der Waals surface area (Å²) in [6, 6.07) is 103. The predicted octanol–water partition coefficient (Wildman–Crippen LogP) is 22.2. The summed E-state index contributed by atoms with van der Waals surface area (Å²) in [6.45, 7) is 14.0. The molecule has 2 heteroatoms. The molecule has 0 N–H and O–H groups in total. The third kappa shape index (κ3) is 8.57. The molecule has 2 aliphatic carbocycles. The highest BCUT2D eigenvalue weighted by Gasteiger charge is 2.37. The van der Waals surface area contributed by atoms with Crippen molar-refractivity contribution in [2.24, 2.45) is 0 Å². The number of hydrogen-bond donors (Lipinski definition) is 0. The summed E-state index contributed by atoms with van der Waals surface area (Å²) < 4.78 is 0. The van der Waals surface area contributed by atoms with Crippen molar-refractivity contribution in [3.05, 3.63) is 312 Å². The molecule has 394 valence electrons. The van der Waals surface area contributed by atoms with Gasteiger partial charge in [0.2, 0.25) is 0 Å². The van der Waals surface area contributed by atoms with E-state index in [0.717, 1.165) is 34.1 Å². The molecule has 14 rings (SSSR count). The van der Waals surface area contributed by atoms with Crippen LogP contribution < -0.4 is 9.80 Å². The Labute approximate surface area is 483 Å². The van der Waals surface area contributed by atoms with Crippen molar-refractivity contribution in [1.29, 1.82) is 0 Å². The predicted molar refractivity (Wildman–Crippen MR) is 348 cm³/mol. The Hall–Kier alpha value is -9.76. The van der Waals surface area contributed by atoms with Crippen LogP contribution in [0.5, 0.6) is 0 Å². The maximum atomic E-state index is 2.46. The van der Waals surface area contributed by atoms with Gasteiger partial charge in [-0.3, -0.25) is 0 Å². The zero-order valence-electron chi connectivity index (χ0n) is 47.5. The van der Waals surface area contributed by atoms with E-state index in [2.05, 4.69) is 330 Å². The molecule has 12 aromatic rings. The lowest BCUT2D eigenvalue weighted by Crippen LogP contribution is -2.15. The Bertz CT molecular complexity index is 4110. The molecule has 2 aliphatic rings. The molecule has 12 aromatic carbocycles. The van der Waals surface area contributed by atoms with E-state index in [1.54, 1.807) is 0 Å². The van der Waals surface area contributed by atoms with E-state index < -0.39 is 0 Å². The molecule has 0 amide bonds. The van der Waals surface area contributed by atoms with E-state index in [9.17, 15) is 0 Å². The van der Waals surface area contributed by atoms with Crippen LogP contribution in [-0.2, 0) is 10.8 Å². The van der Waals surface area contributed by atoms with Gasteiger partial charge in [-0.15, -0.1) is 0 Å². The molecule has 0 saturated heterocycles. The van der Waals surface area contributed by atoms with Gasteiger partial charge in [-0.1, -0.05) is 234 Å². The maximum absolute atomic E-state index is 2.46. The summed E-state index contributed by atoms with van der Waals surface area (Å²) in [7, 11) is 0. The summed E-state index contributed by atoms with van der Waals surface area (Å²) >= 11 is 0. The molecule has 0 aliphatic heterocycles. The molecule has 0 radical (unpaired) electrons. The highest BCUT2D eigenvalue weighted by molar-refractivity contribution is 5.94. The lowest BCUT2D eigenvalue weighted by molar-refractivity contribution is 0.660. The van der Waals surface area contributed by atoms with E-state index in [0.29, 0.717) is 0 Å². The van der Waals surface area contributed by atoms with Crippen LogP contribution in [0.3, 0.4) is 0 Å². The molecule has 0 unspecified atom stereocenters. The Morgan fingerprint density at radius 3 is 0.915 bits per heavy atom. The number of para-hydroxylation sites is 2. The minimum atomic E-state index is -0.113. The first-order valence-electron chi connectivity index (χ1n) is 28.8. The average Bonchev–Trinajstić information content (AvgIpc) is 3.98. The number of aryl methyl sites for hydroxylation is 2. The van der Waals surface area contributed by atoms with Gasteiger partial charge in [-0.05, 0) is 187 Å². The summed E-state index contributed by atoms with van der Waals surface area (Å²) in [4.78, 5) is 4.92. The summed E-state index contributed by atoms with van der Waals surface area (Å²) in [5.74, 6) is 0. The van der Waals surface area contributed by atoms with E-state index >= 15 is 0 Å². The van der Waals surface area contributed by atoms with Crippen LogP contribution in [0, 0.1) is 13.8 Å². The molecule has 2 nitrogen and oxygen atoms in total. The van der Waals surface area contributed by atoms with Gasteiger partial charge in [0, 0.05) is 44.7 Å². The van der Waals surface area contributed by atoms with Gasteiger partial charge in [0.25, 0.3) is 0 Å². The van der Waals surface area contributed by atoms with Crippen molar-refractivity contribution in [1.82, 2.24) is 0 Å². The van der Waals surface area contributed by atoms with Crippen LogP contribution in [0.2, 0.25) is 0 Å². The number of anilines is 6. The minimum Gasteiger partial charge on any atom is -0.310 e. The highest BCUT2D eigenvalue weighted by atomic mass is 15.2. The number of rotatable bonds is 11. The quantitative estimate of drug-likeness (QED) is 0.127. The van der Waals surface area contributed by atoms with Crippen LogP contribution in [-0.4, -0.2) is 0 Å². The molecule has 0 atom stereocenters. The fourth-order valence-corrected chi connectivity index (χ4v) is 13.4. The molecule has 0 bridgehead atoms. The van der Waals surface area contributed by atoms with Crippen LogP contribution in [0.1, 0.15) is 61.1 Å². The summed E-state index contributed by atoms with van der Waals surface area (Å²) in [5.41, 5.74) is 31.6. The van der Waals surface area contributed by atoms with Crippen LogP contribution in [0.4, 0.5) is 34.1 Å². The number of benzene rings is 12. The van der Waals surface area contributed by atoms with Gasteiger partial charge in [0.15, 0.2) is 0 Å². The van der Waals surface area contributed by atoms with E-state index in [1.807, 2.05) is 0 Å². The molecular weight excluding hydrogens is 989 g/mol. The third-order valence-corrected chi connectivity index (χ3v) is 17.8. The second kappa shape index (κ2) is 20.1. The Kier molecular flexibility index (Phi) is 12.4. The van der Waals surface area contributed by atoms with Crippen molar-refractivity contribution < 1.29 is 0 Å². The second-order valence-corrected chi connectivity index (χ2v) is 23.4. The molecule has 0 heterocycles. The Morgan fingerprint density at radius 2 is 0.524 bits per heavy atom. The zero-order valence-corrected chi connectivity index (χ0v) is 47.5. The summed E-state index contributed by atoms with van der Waals surface area (Å²) in [6.07, 6.45) is 0. The lowest BCUT2D eigenvalue weighted by Gasteiger charge is -2.30. The SMILES string of the molecule is Cc1cc(-c2ccc(N(c3ccc(-c4ccccc4)cc3)c3ccccc3-c3ccc4c(c3)C(C)(C)c3ccccc3-4)c(C)c2)ccc1N(c1ccc(-c2ccccc2)cc1)c1ccccc1-c1ccc2c(c1)C(C)(C)c1ccccc1-2. The minimum absolute atomic E-state index is 0.113. The van der Waals surface area contributed by atoms with Crippen molar-refractivity contribution in [2.75, 3.05) is 9.80 Å². The third-order valence-electron chi connectivity index (χ3n) is 17.8. The van der Waals surface area contributed by atoms with Gasteiger partial charge in [0.05, 0.1) is 11.4 Å². The van der Waals surface area contributed by atoms with E-state index in [1.165, 1.54) is 111 Å². The van der Waals surface area contributed by atoms with E-state index in [-0.39, 0.29) is 10.8 Å².